The Labute approximate surface area is 122 Å². The molecule has 5 nitrogen and oxygen atoms in total. The summed E-state index contributed by atoms with van der Waals surface area (Å²) in [6.07, 6.45) is 2.27. The summed E-state index contributed by atoms with van der Waals surface area (Å²) in [7, 11) is 0. The predicted octanol–water partition coefficient (Wildman–Crippen LogP) is 2.16. The highest BCUT2D eigenvalue weighted by Gasteiger charge is 2.31. The van der Waals surface area contributed by atoms with Crippen LogP contribution in [-0.4, -0.2) is 47.3 Å². The minimum Gasteiger partial charge on any atom is -0.403 e. The van der Waals surface area contributed by atoms with Crippen LogP contribution in [0.25, 0.3) is 11.5 Å². The van der Waals surface area contributed by atoms with Crippen molar-refractivity contribution < 1.29 is 8.81 Å². The Morgan fingerprint density at radius 2 is 1.95 bits per heavy atom. The van der Waals surface area contributed by atoms with Crippen molar-refractivity contribution in [3.63, 3.8) is 0 Å². The Kier molecular flexibility index (Phi) is 3.11. The number of hydrogen-bond donors (Lipinski definition) is 0. The zero-order chi connectivity index (χ0) is 14.2. The molecule has 3 saturated heterocycles. The third-order valence-electron chi connectivity index (χ3n) is 4.39. The molecule has 1 aromatic heterocycles. The van der Waals surface area contributed by atoms with Gasteiger partial charge in [-0.05, 0) is 31.0 Å². The zero-order valence-electron chi connectivity index (χ0n) is 11.7. The molecule has 0 aliphatic carbocycles. The van der Waals surface area contributed by atoms with Crippen LogP contribution in [-0.2, 0) is 0 Å². The largest absolute Gasteiger partial charge is 0.403 e. The summed E-state index contributed by atoms with van der Waals surface area (Å²) < 4.78 is 19.1. The average Bonchev–Trinajstić information content (AvgIpc) is 2.80. The SMILES string of the molecule is Fc1cccc(-c2nnc(N3CCN4CCC3CC4)o2)c1. The van der Waals surface area contributed by atoms with Crippen LogP contribution >= 0.6 is 0 Å². The van der Waals surface area contributed by atoms with E-state index in [1.54, 1.807) is 12.1 Å². The molecule has 3 aliphatic heterocycles. The summed E-state index contributed by atoms with van der Waals surface area (Å²) in [5, 5.41) is 8.25. The van der Waals surface area contributed by atoms with Crippen LogP contribution in [0.3, 0.4) is 0 Å². The van der Waals surface area contributed by atoms with E-state index in [1.807, 2.05) is 0 Å². The molecule has 1 aromatic carbocycles. The first kappa shape index (κ1) is 12.8. The van der Waals surface area contributed by atoms with Crippen molar-refractivity contribution >= 4 is 6.01 Å². The molecule has 0 radical (unpaired) electrons. The molecule has 0 N–H and O–H groups in total. The van der Waals surface area contributed by atoms with Crippen molar-refractivity contribution in [2.75, 3.05) is 31.1 Å². The number of rotatable bonds is 2. The normalized spacial score (nSPS) is 25.1. The summed E-state index contributed by atoms with van der Waals surface area (Å²) in [6.45, 7) is 4.24. The first-order valence-electron chi connectivity index (χ1n) is 7.38. The van der Waals surface area contributed by atoms with Gasteiger partial charge in [0, 0.05) is 37.8 Å². The van der Waals surface area contributed by atoms with Crippen molar-refractivity contribution in [2.24, 2.45) is 0 Å². The number of hydrogen-bond acceptors (Lipinski definition) is 5. The van der Waals surface area contributed by atoms with Crippen LogP contribution < -0.4 is 4.90 Å². The average molecular weight is 288 g/mol. The highest BCUT2D eigenvalue weighted by molar-refractivity contribution is 5.53. The summed E-state index contributed by atoms with van der Waals surface area (Å²) >= 11 is 0. The van der Waals surface area contributed by atoms with E-state index in [0.29, 0.717) is 23.5 Å². The smallest absolute Gasteiger partial charge is 0.318 e. The van der Waals surface area contributed by atoms with Crippen LogP contribution in [0, 0.1) is 5.82 Å². The van der Waals surface area contributed by atoms with Gasteiger partial charge in [0.25, 0.3) is 0 Å². The number of fused-ring (bicyclic) bond motifs is 4. The third-order valence-corrected chi connectivity index (χ3v) is 4.39. The first-order chi connectivity index (χ1) is 10.3. The highest BCUT2D eigenvalue weighted by Crippen LogP contribution is 2.28. The topological polar surface area (TPSA) is 45.4 Å². The summed E-state index contributed by atoms with van der Waals surface area (Å²) in [4.78, 5) is 4.68. The summed E-state index contributed by atoms with van der Waals surface area (Å²) in [6, 6.07) is 7.28. The molecule has 3 aliphatic rings. The second-order valence-electron chi connectivity index (χ2n) is 5.67. The van der Waals surface area contributed by atoms with Crippen molar-refractivity contribution in [1.29, 1.82) is 0 Å². The van der Waals surface area contributed by atoms with Crippen LogP contribution in [0.2, 0.25) is 0 Å². The van der Waals surface area contributed by atoms with Gasteiger partial charge in [-0.2, -0.15) is 0 Å². The lowest BCUT2D eigenvalue weighted by Crippen LogP contribution is -2.38. The summed E-state index contributed by atoms with van der Waals surface area (Å²) in [5.74, 6) is 0.0806. The molecule has 2 aromatic rings. The van der Waals surface area contributed by atoms with Crippen LogP contribution in [0.5, 0.6) is 0 Å². The van der Waals surface area contributed by atoms with Gasteiger partial charge in [-0.15, -0.1) is 5.10 Å². The fraction of sp³-hybridized carbons (Fsp3) is 0.467. The van der Waals surface area contributed by atoms with Crippen LogP contribution in [0.15, 0.2) is 28.7 Å². The number of aromatic nitrogens is 2. The molecule has 0 amide bonds. The molecule has 2 bridgehead atoms. The van der Waals surface area contributed by atoms with Gasteiger partial charge in [0.2, 0.25) is 5.89 Å². The van der Waals surface area contributed by atoms with E-state index >= 15 is 0 Å². The van der Waals surface area contributed by atoms with E-state index < -0.39 is 0 Å². The van der Waals surface area contributed by atoms with E-state index in [4.69, 9.17) is 4.42 Å². The van der Waals surface area contributed by atoms with Gasteiger partial charge in [-0.3, -0.25) is 0 Å². The molecule has 4 heterocycles. The minimum atomic E-state index is -0.298. The van der Waals surface area contributed by atoms with Crippen LogP contribution in [0.1, 0.15) is 12.8 Å². The van der Waals surface area contributed by atoms with Crippen molar-refractivity contribution in [3.05, 3.63) is 30.1 Å². The quantitative estimate of drug-likeness (QED) is 0.847. The fourth-order valence-corrected chi connectivity index (χ4v) is 3.21. The number of nitrogens with zero attached hydrogens (tertiary/aromatic N) is 4. The second kappa shape index (κ2) is 5.11. The molecule has 0 atom stereocenters. The maximum Gasteiger partial charge on any atom is 0.318 e. The number of benzene rings is 1. The van der Waals surface area contributed by atoms with Crippen molar-refractivity contribution in [2.45, 2.75) is 18.9 Å². The van der Waals surface area contributed by atoms with Crippen LogP contribution in [0.4, 0.5) is 10.4 Å². The Balaban J connectivity index is 1.62. The molecule has 6 heteroatoms. The van der Waals surface area contributed by atoms with Gasteiger partial charge in [-0.25, -0.2) is 4.39 Å². The molecule has 5 rings (SSSR count). The summed E-state index contributed by atoms with van der Waals surface area (Å²) in [5.41, 5.74) is 0.622. The number of piperidine rings is 1. The van der Waals surface area contributed by atoms with Gasteiger partial charge < -0.3 is 14.2 Å². The zero-order valence-corrected chi connectivity index (χ0v) is 11.7. The fourth-order valence-electron chi connectivity index (χ4n) is 3.21. The van der Waals surface area contributed by atoms with Gasteiger partial charge in [0.1, 0.15) is 5.82 Å². The molecule has 0 unspecified atom stereocenters. The molecular weight excluding hydrogens is 271 g/mol. The second-order valence-corrected chi connectivity index (χ2v) is 5.67. The van der Waals surface area contributed by atoms with E-state index in [2.05, 4.69) is 20.0 Å². The van der Waals surface area contributed by atoms with Crippen molar-refractivity contribution in [1.82, 2.24) is 15.1 Å². The molecule has 0 spiro atoms. The van der Waals surface area contributed by atoms with E-state index in [-0.39, 0.29) is 5.82 Å². The predicted molar refractivity (Wildman–Crippen MR) is 76.5 cm³/mol. The lowest BCUT2D eigenvalue weighted by Gasteiger charge is -2.29. The monoisotopic (exact) mass is 288 g/mol. The maximum atomic E-state index is 13.3. The van der Waals surface area contributed by atoms with Gasteiger partial charge in [0.05, 0.1) is 0 Å². The Bertz CT molecular complexity index is 636. The highest BCUT2D eigenvalue weighted by atomic mass is 19.1. The number of anilines is 1. The standard InChI is InChI=1S/C15H17FN4O/c16-12-3-1-2-11(10-12)14-17-18-15(21-14)20-9-8-19-6-4-13(20)5-7-19/h1-3,10,13H,4-9H2. The Hall–Kier alpha value is -1.95. The molecule has 110 valence electrons. The van der Waals surface area contributed by atoms with E-state index in [9.17, 15) is 4.39 Å². The van der Waals surface area contributed by atoms with E-state index in [0.717, 1.165) is 39.0 Å². The molecule has 3 fully saturated rings. The Morgan fingerprint density at radius 1 is 1.10 bits per heavy atom. The van der Waals surface area contributed by atoms with Gasteiger partial charge in [0.15, 0.2) is 0 Å². The Morgan fingerprint density at radius 3 is 2.76 bits per heavy atom. The van der Waals surface area contributed by atoms with Crippen molar-refractivity contribution in [3.8, 4) is 11.5 Å². The van der Waals surface area contributed by atoms with Gasteiger partial charge in [-0.1, -0.05) is 11.2 Å². The lowest BCUT2D eigenvalue weighted by atomic mass is 10.1. The maximum absolute atomic E-state index is 13.3. The van der Waals surface area contributed by atoms with Gasteiger partial charge >= 0.3 is 6.01 Å². The lowest BCUT2D eigenvalue weighted by molar-refractivity contribution is 0.249. The molecule has 0 saturated carbocycles. The minimum absolute atomic E-state index is 0.298. The first-order valence-corrected chi connectivity index (χ1v) is 7.38. The molecule has 21 heavy (non-hydrogen) atoms. The number of halogens is 1. The molecular formula is C15H17FN4O. The third kappa shape index (κ3) is 2.40. The van der Waals surface area contributed by atoms with E-state index in [1.165, 1.54) is 12.1 Å².